The van der Waals surface area contributed by atoms with Gasteiger partial charge in [0, 0.05) is 25.9 Å². The van der Waals surface area contributed by atoms with Gasteiger partial charge in [-0.3, -0.25) is 10.1 Å². The Morgan fingerprint density at radius 1 is 1.20 bits per heavy atom. The average molecular weight is 325 g/mol. The molecule has 0 aromatic heterocycles. The number of nitro benzene ring substituents is 1. The molecule has 2 aromatic carbocycles. The molecule has 0 amide bonds. The number of rotatable bonds is 3. The summed E-state index contributed by atoms with van der Waals surface area (Å²) in [7, 11) is 0. The Kier molecular flexibility index (Phi) is 4.50. The molecule has 7 heteroatoms. The molecule has 4 nitrogen and oxygen atoms in total. The molecule has 0 saturated carbocycles. The van der Waals surface area contributed by atoms with Gasteiger partial charge in [0.05, 0.1) is 4.92 Å². The fraction of sp³-hybridized carbons (Fsp3) is 0. The van der Waals surface area contributed by atoms with Gasteiger partial charge in [-0.1, -0.05) is 41.0 Å². The van der Waals surface area contributed by atoms with Crippen LogP contribution in [0.25, 0.3) is 0 Å². The lowest BCUT2D eigenvalue weighted by atomic mass is 10.2. The second-order valence-corrected chi connectivity index (χ2v) is 5.71. The molecule has 0 unspecified atom stereocenters. The molecule has 0 bridgehead atoms. The van der Waals surface area contributed by atoms with Crippen molar-refractivity contribution in [2.24, 2.45) is 0 Å². The minimum Gasteiger partial charge on any atom is -0.258 e. The van der Waals surface area contributed by atoms with Gasteiger partial charge in [-0.25, -0.2) is 0 Å². The minimum absolute atomic E-state index is 0.0265. The van der Waals surface area contributed by atoms with Gasteiger partial charge in [-0.15, -0.1) is 0 Å². The summed E-state index contributed by atoms with van der Waals surface area (Å²) in [6.07, 6.45) is 0. The lowest BCUT2D eigenvalue weighted by Gasteiger charge is -2.05. The molecule has 0 spiro atoms. The predicted molar refractivity (Wildman–Crippen MR) is 78.4 cm³/mol. The van der Waals surface area contributed by atoms with Crippen LogP contribution in [0.2, 0.25) is 10.0 Å². The lowest BCUT2D eigenvalue weighted by Crippen LogP contribution is -1.93. The number of hydrogen-bond donors (Lipinski definition) is 0. The molecule has 0 heterocycles. The highest BCUT2D eigenvalue weighted by Gasteiger charge is 2.17. The highest BCUT2D eigenvalue weighted by atomic mass is 35.5. The Balaban J connectivity index is 2.46. The molecular formula is C13H6Cl2N2O2S. The van der Waals surface area contributed by atoms with E-state index in [4.69, 9.17) is 28.5 Å². The van der Waals surface area contributed by atoms with E-state index in [-0.39, 0.29) is 11.3 Å². The Morgan fingerprint density at radius 2 is 1.85 bits per heavy atom. The number of nitrogens with zero attached hydrogens (tertiary/aromatic N) is 2. The Bertz CT molecular complexity index is 709. The van der Waals surface area contributed by atoms with E-state index in [1.807, 2.05) is 6.07 Å². The second kappa shape index (κ2) is 6.14. The molecule has 2 rings (SSSR count). The quantitative estimate of drug-likeness (QED) is 0.593. The standard InChI is InChI=1S/C13H6Cl2N2O2S/c14-8-4-9(15)6-10(5-8)20-13-3-1-2-12(17(18)19)11(13)7-16/h1-6H. The maximum Gasteiger partial charge on any atom is 0.288 e. The summed E-state index contributed by atoms with van der Waals surface area (Å²) in [6, 6.07) is 11.3. The van der Waals surface area contributed by atoms with Crippen LogP contribution in [-0.2, 0) is 0 Å². The number of nitriles is 1. The van der Waals surface area contributed by atoms with Gasteiger partial charge in [-0.05, 0) is 24.3 Å². The zero-order valence-electron chi connectivity index (χ0n) is 9.84. The smallest absolute Gasteiger partial charge is 0.258 e. The van der Waals surface area contributed by atoms with Crippen LogP contribution in [0.15, 0.2) is 46.2 Å². The van der Waals surface area contributed by atoms with Crippen LogP contribution in [0.5, 0.6) is 0 Å². The van der Waals surface area contributed by atoms with Gasteiger partial charge < -0.3 is 0 Å². The Hall–Kier alpha value is -1.74. The first-order chi connectivity index (χ1) is 9.51. The van der Waals surface area contributed by atoms with Crippen molar-refractivity contribution < 1.29 is 4.92 Å². The van der Waals surface area contributed by atoms with Crippen LogP contribution in [0, 0.1) is 21.4 Å². The zero-order chi connectivity index (χ0) is 14.7. The minimum atomic E-state index is -0.576. The first-order valence-corrected chi connectivity index (χ1v) is 6.90. The number of hydrogen-bond acceptors (Lipinski definition) is 4. The van der Waals surface area contributed by atoms with Gasteiger partial charge in [0.25, 0.3) is 5.69 Å². The van der Waals surface area contributed by atoms with E-state index in [2.05, 4.69) is 0 Å². The number of halogens is 2. The van der Waals surface area contributed by atoms with Crippen molar-refractivity contribution in [3.05, 3.63) is 62.1 Å². The van der Waals surface area contributed by atoms with Crippen LogP contribution in [0.3, 0.4) is 0 Å². The fourth-order valence-electron chi connectivity index (χ4n) is 1.58. The average Bonchev–Trinajstić information content (AvgIpc) is 2.37. The van der Waals surface area contributed by atoms with Crippen molar-refractivity contribution in [3.63, 3.8) is 0 Å². The van der Waals surface area contributed by atoms with E-state index in [1.165, 1.54) is 23.9 Å². The summed E-state index contributed by atoms with van der Waals surface area (Å²) in [4.78, 5) is 11.5. The van der Waals surface area contributed by atoms with E-state index < -0.39 is 4.92 Å². The third-order valence-corrected chi connectivity index (χ3v) is 3.84. The van der Waals surface area contributed by atoms with Crippen molar-refractivity contribution in [2.75, 3.05) is 0 Å². The van der Waals surface area contributed by atoms with Gasteiger partial charge in [0.2, 0.25) is 0 Å². The van der Waals surface area contributed by atoms with E-state index in [0.29, 0.717) is 19.8 Å². The first-order valence-electron chi connectivity index (χ1n) is 5.32. The summed E-state index contributed by atoms with van der Waals surface area (Å²) in [5, 5.41) is 20.9. The molecule has 0 aliphatic heterocycles. The topological polar surface area (TPSA) is 66.9 Å². The van der Waals surface area contributed by atoms with Crippen molar-refractivity contribution >= 4 is 40.7 Å². The van der Waals surface area contributed by atoms with Gasteiger partial charge >= 0.3 is 0 Å². The third-order valence-electron chi connectivity index (χ3n) is 2.38. The molecule has 20 heavy (non-hydrogen) atoms. The van der Waals surface area contributed by atoms with Crippen molar-refractivity contribution in [1.29, 1.82) is 5.26 Å². The fourth-order valence-corrected chi connectivity index (χ4v) is 3.26. The van der Waals surface area contributed by atoms with Gasteiger partial charge in [0.1, 0.15) is 11.6 Å². The van der Waals surface area contributed by atoms with Crippen molar-refractivity contribution in [3.8, 4) is 6.07 Å². The normalized spacial score (nSPS) is 10.1. The second-order valence-electron chi connectivity index (χ2n) is 3.73. The Morgan fingerprint density at radius 3 is 2.40 bits per heavy atom. The summed E-state index contributed by atoms with van der Waals surface area (Å²) in [6.45, 7) is 0. The van der Waals surface area contributed by atoms with Crippen LogP contribution in [0.4, 0.5) is 5.69 Å². The predicted octanol–water partition coefficient (Wildman–Crippen LogP) is 4.92. The zero-order valence-corrected chi connectivity index (χ0v) is 12.2. The molecule has 0 radical (unpaired) electrons. The highest BCUT2D eigenvalue weighted by molar-refractivity contribution is 7.99. The van der Waals surface area contributed by atoms with Crippen molar-refractivity contribution in [2.45, 2.75) is 9.79 Å². The maximum atomic E-state index is 10.9. The monoisotopic (exact) mass is 324 g/mol. The van der Waals surface area contributed by atoms with Crippen LogP contribution in [0.1, 0.15) is 5.56 Å². The number of benzene rings is 2. The number of nitro groups is 1. The van der Waals surface area contributed by atoms with Crippen molar-refractivity contribution in [1.82, 2.24) is 0 Å². The Labute approximate surface area is 129 Å². The van der Waals surface area contributed by atoms with Gasteiger partial charge in [-0.2, -0.15) is 5.26 Å². The summed E-state index contributed by atoms with van der Waals surface area (Å²) < 4.78 is 0. The van der Waals surface area contributed by atoms with Crippen LogP contribution >= 0.6 is 35.0 Å². The summed E-state index contributed by atoms with van der Waals surface area (Å²) >= 11 is 13.0. The van der Waals surface area contributed by atoms with E-state index in [0.717, 1.165) is 0 Å². The first kappa shape index (κ1) is 14.7. The lowest BCUT2D eigenvalue weighted by molar-refractivity contribution is -0.385. The summed E-state index contributed by atoms with van der Waals surface area (Å²) in [5.41, 5.74) is -0.191. The van der Waals surface area contributed by atoms with Crippen LogP contribution < -0.4 is 0 Å². The molecule has 0 fully saturated rings. The molecule has 0 N–H and O–H groups in total. The van der Waals surface area contributed by atoms with Crippen LogP contribution in [-0.4, -0.2) is 4.92 Å². The molecule has 0 atom stereocenters. The molecule has 0 saturated heterocycles. The largest absolute Gasteiger partial charge is 0.288 e. The van der Waals surface area contributed by atoms with E-state index >= 15 is 0 Å². The highest BCUT2D eigenvalue weighted by Crippen LogP contribution is 2.36. The maximum absolute atomic E-state index is 10.9. The summed E-state index contributed by atoms with van der Waals surface area (Å²) in [5.74, 6) is 0. The van der Waals surface area contributed by atoms with E-state index in [9.17, 15) is 10.1 Å². The van der Waals surface area contributed by atoms with E-state index in [1.54, 1.807) is 24.3 Å². The molecular weight excluding hydrogens is 319 g/mol. The SMILES string of the molecule is N#Cc1c(Sc2cc(Cl)cc(Cl)c2)cccc1[N+](=O)[O-]. The molecule has 0 aliphatic rings. The molecule has 100 valence electrons. The third kappa shape index (κ3) is 3.23. The molecule has 2 aromatic rings. The molecule has 0 aliphatic carbocycles. The van der Waals surface area contributed by atoms with Gasteiger partial charge in [0.15, 0.2) is 0 Å².